The third kappa shape index (κ3) is 4.32. The number of hydrazine groups is 1. The SMILES string of the molecule is COc1ccc(C2=C[C@H](c3cccc(OC)c3OC)N(C(=O)CCC(=O)[O-])N2)cc1. The number of rotatable bonds is 8. The molecule has 3 rings (SSSR count). The Bertz CT molecular complexity index is 955. The highest BCUT2D eigenvalue weighted by Gasteiger charge is 2.33. The van der Waals surface area contributed by atoms with Gasteiger partial charge in [-0.2, -0.15) is 0 Å². The van der Waals surface area contributed by atoms with E-state index in [1.807, 2.05) is 36.4 Å². The summed E-state index contributed by atoms with van der Waals surface area (Å²) < 4.78 is 16.1. The van der Waals surface area contributed by atoms with Crippen LogP contribution in [-0.4, -0.2) is 38.2 Å². The lowest BCUT2D eigenvalue weighted by molar-refractivity contribution is -0.305. The van der Waals surface area contributed by atoms with Crippen molar-refractivity contribution in [1.82, 2.24) is 10.4 Å². The minimum absolute atomic E-state index is 0.193. The Morgan fingerprint density at radius 1 is 1.00 bits per heavy atom. The molecule has 0 aliphatic carbocycles. The molecule has 0 aromatic heterocycles. The van der Waals surface area contributed by atoms with Gasteiger partial charge in [-0.3, -0.25) is 10.2 Å². The zero-order chi connectivity index (χ0) is 21.7. The van der Waals surface area contributed by atoms with E-state index in [0.717, 1.165) is 5.56 Å². The smallest absolute Gasteiger partial charge is 0.242 e. The molecule has 0 bridgehead atoms. The average molecular weight is 411 g/mol. The Hall–Kier alpha value is -3.68. The summed E-state index contributed by atoms with van der Waals surface area (Å²) in [5.74, 6) is 0.0839. The van der Waals surface area contributed by atoms with Crippen molar-refractivity contribution < 1.29 is 28.9 Å². The normalized spacial score (nSPS) is 15.2. The number of aliphatic carboxylic acids is 1. The minimum Gasteiger partial charge on any atom is -0.550 e. The predicted molar refractivity (Wildman–Crippen MR) is 107 cm³/mol. The van der Waals surface area contributed by atoms with Gasteiger partial charge in [0.1, 0.15) is 11.8 Å². The first-order valence-electron chi connectivity index (χ1n) is 9.34. The molecular formula is C22H23N2O6-. The number of ether oxygens (including phenoxy) is 3. The molecule has 0 saturated carbocycles. The molecule has 8 heteroatoms. The van der Waals surface area contributed by atoms with Gasteiger partial charge in [0.05, 0.1) is 27.0 Å². The topological polar surface area (TPSA) is 100 Å². The van der Waals surface area contributed by atoms with Crippen molar-refractivity contribution in [1.29, 1.82) is 0 Å². The molecule has 2 aromatic rings. The number of hydrogen-bond donors (Lipinski definition) is 1. The van der Waals surface area contributed by atoms with Crippen molar-refractivity contribution in [2.75, 3.05) is 21.3 Å². The Kier molecular flexibility index (Phi) is 6.46. The molecule has 30 heavy (non-hydrogen) atoms. The molecule has 1 aliphatic heterocycles. The molecule has 1 N–H and O–H groups in total. The summed E-state index contributed by atoms with van der Waals surface area (Å²) in [6.07, 6.45) is 1.33. The van der Waals surface area contributed by atoms with Crippen molar-refractivity contribution >= 4 is 17.6 Å². The second-order valence-corrected chi connectivity index (χ2v) is 6.58. The van der Waals surface area contributed by atoms with Crippen LogP contribution in [0.3, 0.4) is 0 Å². The van der Waals surface area contributed by atoms with Crippen LogP contribution in [0.25, 0.3) is 5.70 Å². The van der Waals surface area contributed by atoms with Gasteiger partial charge in [0.15, 0.2) is 11.5 Å². The first-order chi connectivity index (χ1) is 14.5. The molecule has 1 aliphatic rings. The van der Waals surface area contributed by atoms with Gasteiger partial charge in [-0.25, -0.2) is 5.01 Å². The summed E-state index contributed by atoms with van der Waals surface area (Å²) in [5, 5.41) is 12.2. The number of benzene rings is 2. The highest BCUT2D eigenvalue weighted by Crippen LogP contribution is 2.40. The molecule has 0 unspecified atom stereocenters. The van der Waals surface area contributed by atoms with E-state index < -0.39 is 12.0 Å². The number of amides is 1. The van der Waals surface area contributed by atoms with E-state index >= 15 is 0 Å². The van der Waals surface area contributed by atoms with Crippen LogP contribution < -0.4 is 24.7 Å². The summed E-state index contributed by atoms with van der Waals surface area (Å²) >= 11 is 0. The molecule has 1 amide bonds. The summed E-state index contributed by atoms with van der Waals surface area (Å²) in [4.78, 5) is 23.6. The number of carbonyl (C=O) groups excluding carboxylic acids is 2. The summed E-state index contributed by atoms with van der Waals surface area (Å²) in [5.41, 5.74) is 5.35. The third-order valence-electron chi connectivity index (χ3n) is 4.81. The maximum Gasteiger partial charge on any atom is 0.242 e. The Balaban J connectivity index is 2.00. The van der Waals surface area contributed by atoms with Gasteiger partial charge in [0, 0.05) is 18.0 Å². The fourth-order valence-electron chi connectivity index (χ4n) is 3.32. The van der Waals surface area contributed by atoms with Crippen LogP contribution in [0.15, 0.2) is 48.5 Å². The molecular weight excluding hydrogens is 388 g/mol. The predicted octanol–water partition coefficient (Wildman–Crippen LogP) is 1.67. The van der Waals surface area contributed by atoms with Crippen molar-refractivity contribution in [2.24, 2.45) is 0 Å². The highest BCUT2D eigenvalue weighted by atomic mass is 16.5. The van der Waals surface area contributed by atoms with E-state index in [1.165, 1.54) is 19.2 Å². The molecule has 0 saturated heterocycles. The second kappa shape index (κ2) is 9.21. The van der Waals surface area contributed by atoms with E-state index in [1.54, 1.807) is 19.2 Å². The Morgan fingerprint density at radius 3 is 2.33 bits per heavy atom. The van der Waals surface area contributed by atoms with Crippen LogP contribution in [0.1, 0.15) is 30.0 Å². The average Bonchev–Trinajstić information content (AvgIpc) is 3.22. The van der Waals surface area contributed by atoms with Crippen LogP contribution in [0, 0.1) is 0 Å². The van der Waals surface area contributed by atoms with E-state index in [9.17, 15) is 14.7 Å². The van der Waals surface area contributed by atoms with E-state index in [-0.39, 0.29) is 18.7 Å². The first-order valence-corrected chi connectivity index (χ1v) is 9.34. The van der Waals surface area contributed by atoms with Crippen LogP contribution in [0.2, 0.25) is 0 Å². The largest absolute Gasteiger partial charge is 0.550 e. The minimum atomic E-state index is -1.28. The Morgan fingerprint density at radius 2 is 1.73 bits per heavy atom. The fourth-order valence-corrected chi connectivity index (χ4v) is 3.32. The second-order valence-electron chi connectivity index (χ2n) is 6.58. The van der Waals surface area contributed by atoms with Gasteiger partial charge in [-0.1, -0.05) is 12.1 Å². The number of carboxylic acid groups (broad SMARTS) is 1. The summed E-state index contributed by atoms with van der Waals surface area (Å²) in [7, 11) is 4.65. The summed E-state index contributed by atoms with van der Waals surface area (Å²) in [6, 6.07) is 12.3. The lowest BCUT2D eigenvalue weighted by atomic mass is 10.0. The lowest BCUT2D eigenvalue weighted by Crippen LogP contribution is -2.40. The molecule has 2 aromatic carbocycles. The van der Waals surface area contributed by atoms with Gasteiger partial charge >= 0.3 is 0 Å². The van der Waals surface area contributed by atoms with Gasteiger partial charge < -0.3 is 24.1 Å². The number of nitrogens with one attached hydrogen (secondary N) is 1. The number of carbonyl (C=O) groups is 2. The molecule has 8 nitrogen and oxygen atoms in total. The van der Waals surface area contributed by atoms with E-state index in [4.69, 9.17) is 14.2 Å². The molecule has 1 atom stereocenters. The summed E-state index contributed by atoms with van der Waals surface area (Å²) in [6.45, 7) is 0. The van der Waals surface area contributed by atoms with Crippen LogP contribution >= 0.6 is 0 Å². The number of hydrogen-bond acceptors (Lipinski definition) is 7. The number of methoxy groups -OCH3 is 3. The van der Waals surface area contributed by atoms with Crippen LogP contribution in [-0.2, 0) is 9.59 Å². The van der Waals surface area contributed by atoms with Gasteiger partial charge in [-0.05, 0) is 48.4 Å². The zero-order valence-electron chi connectivity index (χ0n) is 17.0. The van der Waals surface area contributed by atoms with Crippen molar-refractivity contribution in [2.45, 2.75) is 18.9 Å². The number of nitrogens with zero attached hydrogens (tertiary/aromatic N) is 1. The van der Waals surface area contributed by atoms with Crippen molar-refractivity contribution in [3.63, 3.8) is 0 Å². The quantitative estimate of drug-likeness (QED) is 0.705. The standard InChI is InChI=1S/C22H24N2O6/c1-28-15-9-7-14(8-10-15)17-13-18(24(23-17)20(25)11-12-21(26)27)16-5-4-6-19(29-2)22(16)30-3/h4-10,13,18,23H,11-12H2,1-3H3,(H,26,27)/p-1/t18-/m1/s1. The monoisotopic (exact) mass is 411 g/mol. The molecule has 1 heterocycles. The fraction of sp³-hybridized carbons (Fsp3) is 0.273. The third-order valence-corrected chi connectivity index (χ3v) is 4.81. The molecule has 158 valence electrons. The molecule has 0 radical (unpaired) electrons. The maximum absolute atomic E-state index is 12.8. The van der Waals surface area contributed by atoms with Crippen LogP contribution in [0.5, 0.6) is 17.2 Å². The van der Waals surface area contributed by atoms with E-state index in [0.29, 0.717) is 28.5 Å². The highest BCUT2D eigenvalue weighted by molar-refractivity contribution is 5.83. The molecule has 0 fully saturated rings. The van der Waals surface area contributed by atoms with Crippen LogP contribution in [0.4, 0.5) is 0 Å². The number of para-hydroxylation sites is 1. The maximum atomic E-state index is 12.8. The van der Waals surface area contributed by atoms with Crippen molar-refractivity contribution in [3.05, 3.63) is 59.7 Å². The van der Waals surface area contributed by atoms with Gasteiger partial charge in [0.2, 0.25) is 5.91 Å². The van der Waals surface area contributed by atoms with Crippen molar-refractivity contribution in [3.8, 4) is 17.2 Å². The van der Waals surface area contributed by atoms with Gasteiger partial charge in [-0.15, -0.1) is 0 Å². The Labute approximate surface area is 174 Å². The first kappa shape index (κ1) is 21.0. The van der Waals surface area contributed by atoms with Gasteiger partial charge in [0.25, 0.3) is 0 Å². The van der Waals surface area contributed by atoms with E-state index in [2.05, 4.69) is 5.43 Å². The molecule has 0 spiro atoms. The zero-order valence-corrected chi connectivity index (χ0v) is 17.0. The lowest BCUT2D eigenvalue weighted by Gasteiger charge is -2.27. The number of carboxylic acids is 1.